The van der Waals surface area contributed by atoms with Crippen LogP contribution in [0.2, 0.25) is 0 Å². The number of rotatable bonds is 8. The first-order valence-corrected chi connectivity index (χ1v) is 10.6. The van der Waals surface area contributed by atoms with Gasteiger partial charge in [-0.05, 0) is 42.6 Å². The largest absolute Gasteiger partial charge is 0.485 e. The predicted octanol–water partition coefficient (Wildman–Crippen LogP) is 5.14. The second-order valence-corrected chi connectivity index (χ2v) is 7.57. The van der Waals surface area contributed by atoms with Crippen LogP contribution in [0.25, 0.3) is 10.8 Å². The maximum Gasteiger partial charge on any atom is 0.191 e. The van der Waals surface area contributed by atoms with Gasteiger partial charge in [-0.1, -0.05) is 48.2 Å². The number of fused-ring (bicyclic) bond motifs is 1. The molecule has 3 aromatic carbocycles. The second kappa shape index (κ2) is 9.09. The predicted molar refractivity (Wildman–Crippen MR) is 115 cm³/mol. The first-order chi connectivity index (χ1) is 14.7. The number of aromatic nitrogens is 3. The number of nitrogens with zero attached hydrogens (tertiary/aromatic N) is 3. The Labute approximate surface area is 177 Å². The maximum absolute atomic E-state index is 13.0. The number of carbonyl (C=O) groups excluding carboxylic acids is 1. The Bertz CT molecular complexity index is 1170. The van der Waals surface area contributed by atoms with E-state index in [9.17, 15) is 9.18 Å². The summed E-state index contributed by atoms with van der Waals surface area (Å²) in [6.07, 6.45) is 0. The van der Waals surface area contributed by atoms with Gasteiger partial charge < -0.3 is 9.30 Å². The van der Waals surface area contributed by atoms with E-state index in [2.05, 4.69) is 10.2 Å². The fourth-order valence-electron chi connectivity index (χ4n) is 3.16. The Hall–Kier alpha value is -3.19. The molecule has 4 rings (SSSR count). The zero-order valence-corrected chi connectivity index (χ0v) is 17.2. The van der Waals surface area contributed by atoms with Crippen LogP contribution in [0.3, 0.4) is 0 Å². The number of hydrogen-bond donors (Lipinski definition) is 0. The minimum atomic E-state index is -0.360. The summed E-state index contributed by atoms with van der Waals surface area (Å²) in [5, 5.41) is 11.3. The molecule has 0 unspecified atom stereocenters. The number of carbonyl (C=O) groups is 1. The monoisotopic (exact) mass is 421 g/mol. The summed E-state index contributed by atoms with van der Waals surface area (Å²) in [5.74, 6) is 1.25. The van der Waals surface area contributed by atoms with Gasteiger partial charge in [-0.15, -0.1) is 10.2 Å². The van der Waals surface area contributed by atoms with Gasteiger partial charge in [0.1, 0.15) is 18.2 Å². The molecule has 0 aliphatic heterocycles. The van der Waals surface area contributed by atoms with Crippen molar-refractivity contribution in [3.8, 4) is 5.75 Å². The summed E-state index contributed by atoms with van der Waals surface area (Å²) >= 11 is 1.31. The van der Waals surface area contributed by atoms with Crippen molar-refractivity contribution in [1.29, 1.82) is 0 Å². The molecule has 30 heavy (non-hydrogen) atoms. The van der Waals surface area contributed by atoms with Gasteiger partial charge in [0.15, 0.2) is 16.8 Å². The van der Waals surface area contributed by atoms with E-state index < -0.39 is 0 Å². The van der Waals surface area contributed by atoms with Crippen molar-refractivity contribution in [2.45, 2.75) is 25.2 Å². The molecule has 0 aliphatic rings. The van der Waals surface area contributed by atoms with Gasteiger partial charge in [-0.2, -0.15) is 0 Å². The number of halogens is 1. The summed E-state index contributed by atoms with van der Waals surface area (Å²) in [7, 11) is 0. The highest BCUT2D eigenvalue weighted by Crippen LogP contribution is 2.26. The van der Waals surface area contributed by atoms with E-state index in [0.29, 0.717) is 23.1 Å². The summed E-state index contributed by atoms with van der Waals surface area (Å²) in [5.41, 5.74) is 0.478. The van der Waals surface area contributed by atoms with Gasteiger partial charge in [0.05, 0.1) is 5.75 Å². The number of ketones is 1. The second-order valence-electron chi connectivity index (χ2n) is 6.63. The first-order valence-electron chi connectivity index (χ1n) is 9.60. The third-order valence-electron chi connectivity index (χ3n) is 4.71. The average Bonchev–Trinajstić information content (AvgIpc) is 3.18. The summed E-state index contributed by atoms with van der Waals surface area (Å²) in [6, 6.07) is 19.6. The molecule has 4 aromatic rings. The highest BCUT2D eigenvalue weighted by atomic mass is 32.2. The van der Waals surface area contributed by atoms with Crippen molar-refractivity contribution in [2.24, 2.45) is 0 Å². The third-order valence-corrected chi connectivity index (χ3v) is 5.68. The van der Waals surface area contributed by atoms with Crippen LogP contribution < -0.4 is 4.74 Å². The maximum atomic E-state index is 13.0. The van der Waals surface area contributed by atoms with Crippen molar-refractivity contribution < 1.29 is 13.9 Å². The van der Waals surface area contributed by atoms with Crippen molar-refractivity contribution in [3.05, 3.63) is 83.9 Å². The molecule has 1 aromatic heterocycles. The molecule has 0 fully saturated rings. The Balaban J connectivity index is 1.44. The van der Waals surface area contributed by atoms with Crippen LogP contribution in [0.1, 0.15) is 23.1 Å². The molecule has 0 atom stereocenters. The standard InChI is InChI=1S/C23H20FN3O2S/c1-2-27-22(14-29-21-9-5-7-16-6-3-4-8-19(16)21)25-26-23(27)30-15-20(28)17-10-12-18(24)13-11-17/h3-13H,2,14-15H2,1H3. The Morgan fingerprint density at radius 3 is 2.60 bits per heavy atom. The molecule has 0 spiro atoms. The number of hydrogen-bond acceptors (Lipinski definition) is 5. The molecule has 152 valence electrons. The van der Waals surface area contributed by atoms with Crippen molar-refractivity contribution >= 4 is 28.3 Å². The van der Waals surface area contributed by atoms with Crippen LogP contribution >= 0.6 is 11.8 Å². The van der Waals surface area contributed by atoms with Crippen LogP contribution in [0.15, 0.2) is 71.9 Å². The number of thioether (sulfide) groups is 1. The molecule has 5 nitrogen and oxygen atoms in total. The highest BCUT2D eigenvalue weighted by Gasteiger charge is 2.15. The lowest BCUT2D eigenvalue weighted by Gasteiger charge is -2.10. The summed E-state index contributed by atoms with van der Waals surface area (Å²) < 4.78 is 21.0. The molecule has 0 bridgehead atoms. The van der Waals surface area contributed by atoms with Crippen LogP contribution in [0.5, 0.6) is 5.75 Å². The normalized spacial score (nSPS) is 11.0. The Morgan fingerprint density at radius 2 is 1.80 bits per heavy atom. The van der Waals surface area contributed by atoms with Gasteiger partial charge in [0.2, 0.25) is 0 Å². The molecule has 0 N–H and O–H groups in total. The van der Waals surface area contributed by atoms with Crippen molar-refractivity contribution in [2.75, 3.05) is 5.75 Å². The number of Topliss-reactive ketones (excluding diaryl/α,β-unsaturated/α-hetero) is 1. The molecular weight excluding hydrogens is 401 g/mol. The van der Waals surface area contributed by atoms with E-state index in [0.717, 1.165) is 16.5 Å². The molecule has 0 aliphatic carbocycles. The minimum Gasteiger partial charge on any atom is -0.485 e. The van der Waals surface area contributed by atoms with E-state index in [4.69, 9.17) is 4.74 Å². The van der Waals surface area contributed by atoms with Crippen LogP contribution in [-0.2, 0) is 13.2 Å². The first kappa shape index (κ1) is 20.1. The van der Waals surface area contributed by atoms with Gasteiger partial charge in [0, 0.05) is 17.5 Å². The van der Waals surface area contributed by atoms with E-state index in [1.807, 2.05) is 54.0 Å². The lowest BCUT2D eigenvalue weighted by molar-refractivity contribution is 0.102. The van der Waals surface area contributed by atoms with Crippen LogP contribution in [0.4, 0.5) is 4.39 Å². The fourth-order valence-corrected chi connectivity index (χ4v) is 4.08. The van der Waals surface area contributed by atoms with Gasteiger partial charge in [-0.25, -0.2) is 4.39 Å². The topological polar surface area (TPSA) is 57.0 Å². The smallest absolute Gasteiger partial charge is 0.191 e. The number of benzene rings is 3. The minimum absolute atomic E-state index is 0.0841. The van der Waals surface area contributed by atoms with E-state index in [1.54, 1.807) is 0 Å². The van der Waals surface area contributed by atoms with Crippen LogP contribution in [0, 0.1) is 5.82 Å². The van der Waals surface area contributed by atoms with E-state index in [1.165, 1.54) is 36.0 Å². The van der Waals surface area contributed by atoms with Crippen molar-refractivity contribution in [1.82, 2.24) is 14.8 Å². The molecular formula is C23H20FN3O2S. The Kier molecular flexibility index (Phi) is 6.09. The Morgan fingerprint density at radius 1 is 1.03 bits per heavy atom. The highest BCUT2D eigenvalue weighted by molar-refractivity contribution is 7.99. The molecule has 0 saturated carbocycles. The summed E-state index contributed by atoms with van der Waals surface area (Å²) in [6.45, 7) is 2.94. The lowest BCUT2D eigenvalue weighted by Crippen LogP contribution is -2.08. The van der Waals surface area contributed by atoms with Gasteiger partial charge in [-0.3, -0.25) is 4.79 Å². The van der Waals surface area contributed by atoms with Crippen LogP contribution in [-0.4, -0.2) is 26.3 Å². The zero-order valence-electron chi connectivity index (χ0n) is 16.4. The molecule has 0 saturated heterocycles. The summed E-state index contributed by atoms with van der Waals surface area (Å²) in [4.78, 5) is 12.3. The van der Waals surface area contributed by atoms with Crippen molar-refractivity contribution in [3.63, 3.8) is 0 Å². The average molecular weight is 421 g/mol. The van der Waals surface area contributed by atoms with E-state index in [-0.39, 0.29) is 24.0 Å². The van der Waals surface area contributed by atoms with Gasteiger partial charge in [0.25, 0.3) is 0 Å². The molecule has 0 radical (unpaired) electrons. The third kappa shape index (κ3) is 4.36. The van der Waals surface area contributed by atoms with Gasteiger partial charge >= 0.3 is 0 Å². The molecule has 1 heterocycles. The number of ether oxygens (including phenoxy) is 1. The molecule has 0 amide bonds. The van der Waals surface area contributed by atoms with E-state index >= 15 is 0 Å². The fraction of sp³-hybridized carbons (Fsp3) is 0.174. The zero-order chi connectivity index (χ0) is 20.9. The lowest BCUT2D eigenvalue weighted by atomic mass is 10.1. The molecule has 7 heteroatoms. The quantitative estimate of drug-likeness (QED) is 0.291. The SMILES string of the molecule is CCn1c(COc2cccc3ccccc23)nnc1SCC(=O)c1ccc(F)cc1.